The van der Waals surface area contributed by atoms with Crippen LogP contribution in [-0.2, 0) is 0 Å². The summed E-state index contributed by atoms with van der Waals surface area (Å²) in [4.78, 5) is 8.64. The van der Waals surface area contributed by atoms with Gasteiger partial charge in [-0.05, 0) is 43.0 Å². The van der Waals surface area contributed by atoms with Crippen LogP contribution in [0.25, 0.3) is 5.70 Å². The van der Waals surface area contributed by atoms with Gasteiger partial charge < -0.3 is 10.1 Å². The van der Waals surface area contributed by atoms with E-state index in [2.05, 4.69) is 16.5 Å². The van der Waals surface area contributed by atoms with E-state index in [0.29, 0.717) is 5.92 Å². The van der Waals surface area contributed by atoms with Gasteiger partial charge in [0.05, 0.1) is 19.1 Å². The molecule has 4 nitrogen and oxygen atoms in total. The van der Waals surface area contributed by atoms with Crippen LogP contribution in [0.2, 0.25) is 0 Å². The zero-order chi connectivity index (χ0) is 15.6. The zero-order valence-electron chi connectivity index (χ0n) is 13.5. The minimum absolute atomic E-state index is 0.607. The lowest BCUT2D eigenvalue weighted by molar-refractivity contribution is 0.415. The Balaban J connectivity index is 2.13. The van der Waals surface area contributed by atoms with Gasteiger partial charge >= 0.3 is 0 Å². The lowest BCUT2D eigenvalue weighted by Gasteiger charge is -2.17. The summed E-state index contributed by atoms with van der Waals surface area (Å²) in [5.74, 6) is 1.46. The maximum absolute atomic E-state index is 5.21. The van der Waals surface area contributed by atoms with Crippen LogP contribution in [0.1, 0.15) is 37.7 Å². The molecule has 0 heterocycles. The van der Waals surface area contributed by atoms with Crippen LogP contribution >= 0.6 is 0 Å². The molecule has 1 aromatic carbocycles. The highest BCUT2D eigenvalue weighted by Gasteiger charge is 2.11. The predicted molar refractivity (Wildman–Crippen MR) is 93.6 cm³/mol. The second-order valence-electron chi connectivity index (χ2n) is 5.49. The van der Waals surface area contributed by atoms with Crippen molar-refractivity contribution in [2.45, 2.75) is 32.1 Å². The van der Waals surface area contributed by atoms with E-state index >= 15 is 0 Å². The number of nitrogens with zero attached hydrogens (tertiary/aromatic N) is 2. The van der Waals surface area contributed by atoms with Crippen LogP contribution in [-0.4, -0.2) is 26.7 Å². The summed E-state index contributed by atoms with van der Waals surface area (Å²) in [6.45, 7) is 0. The Hall–Kier alpha value is -2.10. The second-order valence-corrected chi connectivity index (χ2v) is 5.49. The van der Waals surface area contributed by atoms with Crippen molar-refractivity contribution in [1.82, 2.24) is 5.32 Å². The van der Waals surface area contributed by atoms with Crippen LogP contribution in [0, 0.1) is 5.92 Å². The molecule has 1 fully saturated rings. The van der Waals surface area contributed by atoms with Gasteiger partial charge in [0.15, 0.2) is 0 Å². The van der Waals surface area contributed by atoms with Crippen molar-refractivity contribution >= 4 is 18.3 Å². The molecule has 0 unspecified atom stereocenters. The van der Waals surface area contributed by atoms with Crippen molar-refractivity contribution < 1.29 is 4.74 Å². The van der Waals surface area contributed by atoms with E-state index in [-0.39, 0.29) is 0 Å². The van der Waals surface area contributed by atoms with Gasteiger partial charge in [0, 0.05) is 25.0 Å². The Kier molecular flexibility index (Phi) is 6.68. The van der Waals surface area contributed by atoms with Gasteiger partial charge in [-0.15, -0.1) is 0 Å². The Morgan fingerprint density at radius 1 is 1.18 bits per heavy atom. The van der Waals surface area contributed by atoms with Crippen molar-refractivity contribution in [3.05, 3.63) is 36.0 Å². The molecule has 1 N–H and O–H groups in total. The first-order valence-corrected chi connectivity index (χ1v) is 7.89. The maximum Gasteiger partial charge on any atom is 0.118 e. The number of methoxy groups -OCH3 is 1. The predicted octanol–water partition coefficient (Wildman–Crippen LogP) is 3.89. The fourth-order valence-corrected chi connectivity index (χ4v) is 2.62. The third kappa shape index (κ3) is 5.02. The van der Waals surface area contributed by atoms with E-state index in [4.69, 9.17) is 9.73 Å². The molecule has 118 valence electrons. The minimum Gasteiger partial charge on any atom is -0.497 e. The Bertz CT molecular complexity index is 526. The van der Waals surface area contributed by atoms with Gasteiger partial charge in [-0.2, -0.15) is 0 Å². The van der Waals surface area contributed by atoms with Crippen LogP contribution in [0.5, 0.6) is 5.75 Å². The molecular weight excluding hydrogens is 274 g/mol. The first-order chi connectivity index (χ1) is 10.8. The van der Waals surface area contributed by atoms with Gasteiger partial charge in [0.25, 0.3) is 0 Å². The molecule has 1 aliphatic rings. The van der Waals surface area contributed by atoms with E-state index in [0.717, 1.165) is 17.0 Å². The molecule has 0 bridgehead atoms. The molecule has 0 atom stereocenters. The summed E-state index contributed by atoms with van der Waals surface area (Å²) in [6.07, 6.45) is 12.2. The molecule has 0 saturated heterocycles. The molecule has 0 radical (unpaired) electrons. The van der Waals surface area contributed by atoms with Crippen molar-refractivity contribution in [3.63, 3.8) is 0 Å². The van der Waals surface area contributed by atoms with Crippen molar-refractivity contribution in [2.75, 3.05) is 14.2 Å². The first-order valence-electron chi connectivity index (χ1n) is 7.89. The van der Waals surface area contributed by atoms with E-state index < -0.39 is 0 Å². The van der Waals surface area contributed by atoms with Crippen molar-refractivity contribution in [2.24, 2.45) is 15.9 Å². The highest BCUT2D eigenvalue weighted by molar-refractivity contribution is 5.76. The minimum atomic E-state index is 0.607. The lowest BCUT2D eigenvalue weighted by atomic mass is 9.90. The van der Waals surface area contributed by atoms with E-state index in [1.165, 1.54) is 32.1 Å². The van der Waals surface area contributed by atoms with Crippen LogP contribution in [0.4, 0.5) is 0 Å². The van der Waals surface area contributed by atoms with Crippen LogP contribution in [0.3, 0.4) is 0 Å². The summed E-state index contributed by atoms with van der Waals surface area (Å²) in [7, 11) is 3.41. The SMILES string of the molecule is CN=CN/C=C(\N=CC1CCCCC1)c1ccc(OC)cc1. The Labute approximate surface area is 133 Å². The number of hydrogen-bond donors (Lipinski definition) is 1. The molecule has 2 rings (SSSR count). The Morgan fingerprint density at radius 3 is 2.55 bits per heavy atom. The van der Waals surface area contributed by atoms with Gasteiger partial charge in [-0.3, -0.25) is 9.98 Å². The van der Waals surface area contributed by atoms with Gasteiger partial charge in [-0.25, -0.2) is 0 Å². The number of ether oxygens (including phenoxy) is 1. The first kappa shape index (κ1) is 16.3. The van der Waals surface area contributed by atoms with E-state index in [1.807, 2.05) is 30.5 Å². The van der Waals surface area contributed by atoms with Crippen molar-refractivity contribution in [3.8, 4) is 5.75 Å². The molecule has 4 heteroatoms. The maximum atomic E-state index is 5.21. The average molecular weight is 299 g/mol. The summed E-state index contributed by atoms with van der Waals surface area (Å²) in [5, 5.41) is 3.05. The monoisotopic (exact) mass is 299 g/mol. The third-order valence-corrected chi connectivity index (χ3v) is 3.88. The average Bonchev–Trinajstić information content (AvgIpc) is 2.59. The summed E-state index contributed by atoms with van der Waals surface area (Å²) >= 11 is 0. The zero-order valence-corrected chi connectivity index (χ0v) is 13.5. The highest BCUT2D eigenvalue weighted by Crippen LogP contribution is 2.24. The third-order valence-electron chi connectivity index (χ3n) is 3.88. The Morgan fingerprint density at radius 2 is 1.91 bits per heavy atom. The molecular formula is C18H25N3O. The fraction of sp³-hybridized carbons (Fsp3) is 0.444. The number of hydrogen-bond acceptors (Lipinski definition) is 3. The van der Waals surface area contributed by atoms with Crippen LogP contribution < -0.4 is 10.1 Å². The quantitative estimate of drug-likeness (QED) is 0.640. The number of aliphatic imine (C=N–C) groups is 2. The topological polar surface area (TPSA) is 46.0 Å². The summed E-state index contributed by atoms with van der Waals surface area (Å²) in [5.41, 5.74) is 1.97. The molecule has 1 saturated carbocycles. The summed E-state index contributed by atoms with van der Waals surface area (Å²) in [6, 6.07) is 7.95. The lowest BCUT2D eigenvalue weighted by Crippen LogP contribution is -2.07. The molecule has 0 spiro atoms. The van der Waals surface area contributed by atoms with E-state index in [9.17, 15) is 0 Å². The second kappa shape index (κ2) is 9.03. The van der Waals surface area contributed by atoms with Crippen LogP contribution in [0.15, 0.2) is 40.5 Å². The molecule has 1 aromatic rings. The highest BCUT2D eigenvalue weighted by atomic mass is 16.5. The molecule has 0 amide bonds. The normalized spacial score (nSPS) is 17.3. The van der Waals surface area contributed by atoms with Gasteiger partial charge in [0.2, 0.25) is 0 Å². The van der Waals surface area contributed by atoms with Gasteiger partial charge in [-0.1, -0.05) is 19.3 Å². The molecule has 22 heavy (non-hydrogen) atoms. The smallest absolute Gasteiger partial charge is 0.118 e. The number of benzene rings is 1. The summed E-state index contributed by atoms with van der Waals surface area (Å²) < 4.78 is 5.21. The molecule has 0 aliphatic heterocycles. The largest absolute Gasteiger partial charge is 0.497 e. The number of nitrogens with one attached hydrogen (secondary N) is 1. The standard InChI is InChI=1S/C18H25N3O/c1-19-14-20-13-18(16-8-10-17(22-2)11-9-16)21-12-15-6-4-3-5-7-15/h8-15H,3-7H2,1-2H3,(H,19,20)/b18-13-,21-12?. The fourth-order valence-electron chi connectivity index (χ4n) is 2.62. The molecule has 0 aromatic heterocycles. The number of rotatable bonds is 6. The molecule has 1 aliphatic carbocycles. The van der Waals surface area contributed by atoms with E-state index in [1.54, 1.807) is 20.5 Å². The van der Waals surface area contributed by atoms with Gasteiger partial charge in [0.1, 0.15) is 5.75 Å². The van der Waals surface area contributed by atoms with Crippen molar-refractivity contribution in [1.29, 1.82) is 0 Å².